The van der Waals surface area contributed by atoms with E-state index in [1.807, 2.05) is 0 Å². The van der Waals surface area contributed by atoms with Crippen molar-refractivity contribution in [2.45, 2.75) is 44.6 Å². The fourth-order valence-corrected chi connectivity index (χ4v) is 3.71. The van der Waals surface area contributed by atoms with E-state index in [1.54, 1.807) is 62.9 Å². The van der Waals surface area contributed by atoms with Crippen molar-refractivity contribution in [3.05, 3.63) is 53.6 Å². The molecule has 3 rings (SSSR count). The van der Waals surface area contributed by atoms with Crippen LogP contribution in [0.4, 0.5) is 0 Å². The first-order chi connectivity index (χ1) is 16.1. The molecule has 0 aromatic heterocycles. The van der Waals surface area contributed by atoms with Gasteiger partial charge in [0.25, 0.3) is 5.91 Å². The number of benzene rings is 2. The smallest absolute Gasteiger partial charge is 0.258 e. The number of hydrogen-bond acceptors (Lipinski definition) is 6. The van der Waals surface area contributed by atoms with Crippen LogP contribution in [0.15, 0.2) is 47.6 Å². The van der Waals surface area contributed by atoms with Gasteiger partial charge in [-0.3, -0.25) is 9.59 Å². The van der Waals surface area contributed by atoms with Gasteiger partial charge in [-0.25, -0.2) is 5.43 Å². The molecule has 1 fully saturated rings. The van der Waals surface area contributed by atoms with Crippen LogP contribution in [0.5, 0.6) is 17.2 Å². The highest BCUT2D eigenvalue weighted by molar-refractivity contribution is 5.83. The summed E-state index contributed by atoms with van der Waals surface area (Å²) in [6, 6.07) is 12.7. The van der Waals surface area contributed by atoms with Gasteiger partial charge in [0, 0.05) is 6.04 Å². The Bertz CT molecular complexity index is 953. The largest absolute Gasteiger partial charge is 0.493 e. The van der Waals surface area contributed by atoms with Crippen molar-refractivity contribution in [1.29, 1.82) is 0 Å². The number of amides is 2. The number of carbonyl (C=O) groups excluding carboxylic acids is 2. The van der Waals surface area contributed by atoms with Gasteiger partial charge in [0.05, 0.1) is 26.9 Å². The first-order valence-electron chi connectivity index (χ1n) is 11.1. The highest BCUT2D eigenvalue weighted by Gasteiger charge is 2.15. The van der Waals surface area contributed by atoms with Crippen LogP contribution in [0.2, 0.25) is 0 Å². The number of hydrogen-bond donors (Lipinski definition) is 2. The van der Waals surface area contributed by atoms with E-state index in [0.717, 1.165) is 24.0 Å². The number of rotatable bonds is 10. The summed E-state index contributed by atoms with van der Waals surface area (Å²) in [7, 11) is 3.11. The molecule has 1 aliphatic carbocycles. The third kappa shape index (κ3) is 7.82. The lowest BCUT2D eigenvalue weighted by atomic mass is 9.95. The van der Waals surface area contributed by atoms with Gasteiger partial charge in [-0.15, -0.1) is 0 Å². The molecule has 2 amide bonds. The van der Waals surface area contributed by atoms with Crippen LogP contribution >= 0.6 is 0 Å². The first kappa shape index (κ1) is 24.1. The number of ether oxygens (including phenoxy) is 3. The maximum atomic E-state index is 12.1. The van der Waals surface area contributed by atoms with E-state index in [9.17, 15) is 9.59 Å². The molecule has 33 heavy (non-hydrogen) atoms. The average molecular weight is 454 g/mol. The number of nitrogens with zero attached hydrogens (tertiary/aromatic N) is 1. The molecule has 2 aromatic rings. The van der Waals surface area contributed by atoms with Crippen molar-refractivity contribution in [3.63, 3.8) is 0 Å². The van der Waals surface area contributed by atoms with Crippen molar-refractivity contribution < 1.29 is 23.8 Å². The fraction of sp³-hybridized carbons (Fsp3) is 0.400. The van der Waals surface area contributed by atoms with Gasteiger partial charge in [0.2, 0.25) is 5.91 Å². The summed E-state index contributed by atoms with van der Waals surface area (Å²) in [5, 5.41) is 7.03. The molecule has 0 aliphatic heterocycles. The molecule has 2 aromatic carbocycles. The zero-order valence-corrected chi connectivity index (χ0v) is 19.1. The molecule has 0 bridgehead atoms. The molecule has 0 unspecified atom stereocenters. The van der Waals surface area contributed by atoms with Crippen molar-refractivity contribution in [1.82, 2.24) is 10.7 Å². The van der Waals surface area contributed by atoms with Crippen LogP contribution in [0.3, 0.4) is 0 Å². The lowest BCUT2D eigenvalue weighted by Gasteiger charge is -2.22. The Balaban J connectivity index is 1.41. The Labute approximate surface area is 194 Å². The van der Waals surface area contributed by atoms with Gasteiger partial charge in [-0.2, -0.15) is 5.10 Å². The Kier molecular flexibility index (Phi) is 9.11. The lowest BCUT2D eigenvalue weighted by Crippen LogP contribution is -2.38. The van der Waals surface area contributed by atoms with E-state index in [0.29, 0.717) is 17.2 Å². The van der Waals surface area contributed by atoms with Crippen molar-refractivity contribution >= 4 is 18.0 Å². The Morgan fingerprint density at radius 1 is 0.970 bits per heavy atom. The zero-order chi connectivity index (χ0) is 23.5. The summed E-state index contributed by atoms with van der Waals surface area (Å²) in [6.07, 6.45) is 7.39. The van der Waals surface area contributed by atoms with Gasteiger partial charge >= 0.3 is 0 Å². The summed E-state index contributed by atoms with van der Waals surface area (Å²) in [4.78, 5) is 24.2. The average Bonchev–Trinajstić information content (AvgIpc) is 2.84. The van der Waals surface area contributed by atoms with Crippen LogP contribution in [-0.4, -0.2) is 44.9 Å². The van der Waals surface area contributed by atoms with E-state index in [2.05, 4.69) is 15.8 Å². The molecule has 0 radical (unpaired) electrons. The molecular weight excluding hydrogens is 422 g/mol. The van der Waals surface area contributed by atoms with E-state index < -0.39 is 0 Å². The lowest BCUT2D eigenvalue weighted by molar-refractivity contribution is -0.124. The molecule has 1 aliphatic rings. The molecule has 176 valence electrons. The number of hydrazone groups is 1. The Hall–Kier alpha value is -3.55. The van der Waals surface area contributed by atoms with Gasteiger partial charge in [-0.1, -0.05) is 25.3 Å². The molecule has 1 saturated carbocycles. The molecule has 8 nitrogen and oxygen atoms in total. The first-order valence-corrected chi connectivity index (χ1v) is 11.1. The van der Waals surface area contributed by atoms with Crippen molar-refractivity contribution in [2.24, 2.45) is 5.10 Å². The van der Waals surface area contributed by atoms with Crippen molar-refractivity contribution in [2.75, 3.05) is 20.8 Å². The van der Waals surface area contributed by atoms with Crippen LogP contribution in [0.1, 0.15) is 43.2 Å². The summed E-state index contributed by atoms with van der Waals surface area (Å²) in [5.41, 5.74) is 4.09. The van der Waals surface area contributed by atoms with E-state index in [1.165, 1.54) is 19.3 Å². The Morgan fingerprint density at radius 2 is 1.70 bits per heavy atom. The number of methoxy groups -OCH3 is 2. The highest BCUT2D eigenvalue weighted by Crippen LogP contribution is 2.27. The van der Waals surface area contributed by atoms with Crippen LogP contribution in [-0.2, 0) is 16.0 Å². The van der Waals surface area contributed by atoms with Crippen LogP contribution < -0.4 is 25.0 Å². The third-order valence-electron chi connectivity index (χ3n) is 5.44. The van der Waals surface area contributed by atoms with Gasteiger partial charge < -0.3 is 19.5 Å². The minimum atomic E-state index is -0.248. The molecule has 0 atom stereocenters. The maximum Gasteiger partial charge on any atom is 0.258 e. The predicted molar refractivity (Wildman–Crippen MR) is 126 cm³/mol. The fourth-order valence-electron chi connectivity index (χ4n) is 3.71. The summed E-state index contributed by atoms with van der Waals surface area (Å²) >= 11 is 0. The number of carbonyl (C=O) groups is 2. The minimum Gasteiger partial charge on any atom is -0.493 e. The molecular formula is C25H31N3O5. The molecule has 2 N–H and O–H groups in total. The van der Waals surface area contributed by atoms with Crippen molar-refractivity contribution in [3.8, 4) is 17.2 Å². The third-order valence-corrected chi connectivity index (χ3v) is 5.44. The minimum absolute atomic E-state index is 0.00383. The topological polar surface area (TPSA) is 98.3 Å². The number of nitrogens with one attached hydrogen (secondary N) is 2. The SMILES string of the molecule is COc1ccc(CC(=O)NN=Cc2ccc(OCC(=O)NC3CCCCC3)cc2)cc1OC. The normalized spacial score (nSPS) is 14.0. The molecule has 0 saturated heterocycles. The monoisotopic (exact) mass is 453 g/mol. The van der Waals surface area contributed by atoms with Crippen LogP contribution in [0.25, 0.3) is 0 Å². The second-order valence-electron chi connectivity index (χ2n) is 7.92. The summed E-state index contributed by atoms with van der Waals surface area (Å²) in [5.74, 6) is 1.44. The summed E-state index contributed by atoms with van der Waals surface area (Å²) in [6.45, 7) is -0.00383. The van der Waals surface area contributed by atoms with Crippen LogP contribution in [0, 0.1) is 0 Å². The summed E-state index contributed by atoms with van der Waals surface area (Å²) < 4.78 is 16.0. The molecule has 0 heterocycles. The van der Waals surface area contributed by atoms with E-state index >= 15 is 0 Å². The van der Waals surface area contributed by atoms with Gasteiger partial charge in [0.15, 0.2) is 18.1 Å². The molecule has 0 spiro atoms. The Morgan fingerprint density at radius 3 is 2.39 bits per heavy atom. The van der Waals surface area contributed by atoms with E-state index in [-0.39, 0.29) is 30.9 Å². The maximum absolute atomic E-state index is 12.1. The van der Waals surface area contributed by atoms with Gasteiger partial charge in [0.1, 0.15) is 5.75 Å². The predicted octanol–water partition coefficient (Wildman–Crippen LogP) is 3.22. The standard InChI is InChI=1S/C25H31N3O5/c1-31-22-13-10-19(14-23(22)32-2)15-24(29)28-26-16-18-8-11-21(12-9-18)33-17-25(30)27-20-6-4-3-5-7-20/h8-14,16,20H,3-7,15,17H2,1-2H3,(H,27,30)(H,28,29). The molecule has 8 heteroatoms. The quantitative estimate of drug-likeness (QED) is 0.425. The van der Waals surface area contributed by atoms with Gasteiger partial charge in [-0.05, 0) is 60.4 Å². The second-order valence-corrected chi connectivity index (χ2v) is 7.92. The zero-order valence-electron chi connectivity index (χ0n) is 19.1. The second kappa shape index (κ2) is 12.5. The highest BCUT2D eigenvalue weighted by atomic mass is 16.5. The van der Waals surface area contributed by atoms with E-state index in [4.69, 9.17) is 14.2 Å².